The zero-order valence-corrected chi connectivity index (χ0v) is 12.3. The van der Waals surface area contributed by atoms with Gasteiger partial charge in [-0.1, -0.05) is 11.6 Å². The Balaban J connectivity index is 2.14. The molecule has 1 aromatic heterocycles. The van der Waals surface area contributed by atoms with Gasteiger partial charge in [0.15, 0.2) is 0 Å². The van der Waals surface area contributed by atoms with Gasteiger partial charge in [0.25, 0.3) is 5.91 Å². The molecule has 0 radical (unpaired) electrons. The van der Waals surface area contributed by atoms with E-state index in [1.54, 1.807) is 12.3 Å². The van der Waals surface area contributed by atoms with Crippen LogP contribution in [0, 0.1) is 0 Å². The maximum Gasteiger partial charge on any atom is 0.254 e. The average Bonchev–Trinajstić information content (AvgIpc) is 2.32. The monoisotopic (exact) mass is 332 g/mol. The van der Waals surface area contributed by atoms with Crippen molar-refractivity contribution in [3.63, 3.8) is 0 Å². The van der Waals surface area contributed by atoms with Crippen molar-refractivity contribution in [2.75, 3.05) is 13.2 Å². The van der Waals surface area contributed by atoms with E-state index in [0.717, 1.165) is 23.9 Å². The van der Waals surface area contributed by atoms with E-state index < -0.39 is 0 Å². The first-order valence-corrected chi connectivity index (χ1v) is 6.89. The predicted octanol–water partition coefficient (Wildman–Crippen LogP) is 2.80. The molecule has 0 spiro atoms. The second-order valence-corrected chi connectivity index (χ2v) is 5.94. The molecule has 1 aliphatic heterocycles. The Morgan fingerprint density at radius 2 is 2.44 bits per heavy atom. The molecule has 1 fully saturated rings. The molecule has 18 heavy (non-hydrogen) atoms. The molecular weight excluding hydrogens is 320 g/mol. The minimum atomic E-state index is -0.332. The van der Waals surface area contributed by atoms with E-state index in [0.29, 0.717) is 12.2 Å². The lowest BCUT2D eigenvalue weighted by atomic mass is 9.94. The molecule has 0 bridgehead atoms. The summed E-state index contributed by atoms with van der Waals surface area (Å²) in [5.74, 6) is -0.221. The minimum absolute atomic E-state index is 0.205. The Labute approximate surface area is 119 Å². The molecule has 1 saturated heterocycles. The van der Waals surface area contributed by atoms with Crippen molar-refractivity contribution in [1.82, 2.24) is 10.3 Å². The molecule has 2 heterocycles. The van der Waals surface area contributed by atoms with E-state index in [-0.39, 0.29) is 16.6 Å². The van der Waals surface area contributed by atoms with Crippen LogP contribution in [0.4, 0.5) is 0 Å². The number of pyridine rings is 1. The number of nitrogens with zero attached hydrogens (tertiary/aromatic N) is 1. The number of nitrogens with one attached hydrogen (secondary N) is 1. The Hall–Kier alpha value is -0.650. The van der Waals surface area contributed by atoms with E-state index in [9.17, 15) is 4.79 Å². The maximum absolute atomic E-state index is 12.2. The number of hydrogen-bond donors (Lipinski definition) is 1. The normalized spacial score (nSPS) is 23.7. The highest BCUT2D eigenvalue weighted by Gasteiger charge is 2.30. The van der Waals surface area contributed by atoms with Gasteiger partial charge in [0, 0.05) is 17.3 Å². The van der Waals surface area contributed by atoms with Crippen LogP contribution in [0.25, 0.3) is 0 Å². The molecule has 1 N–H and O–H groups in total. The molecule has 2 rings (SSSR count). The number of ether oxygens (including phenoxy) is 1. The van der Waals surface area contributed by atoms with Crippen LogP contribution in [0.3, 0.4) is 0 Å². The van der Waals surface area contributed by atoms with Crippen LogP contribution in [0.1, 0.15) is 30.1 Å². The molecule has 1 aromatic rings. The Bertz CT molecular complexity index is 461. The van der Waals surface area contributed by atoms with Gasteiger partial charge in [0.1, 0.15) is 5.15 Å². The summed E-state index contributed by atoms with van der Waals surface area (Å²) in [4.78, 5) is 16.1. The summed E-state index contributed by atoms with van der Waals surface area (Å²) < 4.78 is 6.13. The van der Waals surface area contributed by atoms with E-state index in [4.69, 9.17) is 16.3 Å². The molecule has 0 aliphatic carbocycles. The Morgan fingerprint density at radius 3 is 3.11 bits per heavy atom. The lowest BCUT2D eigenvalue weighted by Crippen LogP contribution is -2.51. The summed E-state index contributed by atoms with van der Waals surface area (Å²) in [6.45, 7) is 3.26. The SMILES string of the molecule is CC1(NC(=O)c2cc(Br)cnc2Cl)CCCOC1. The third-order valence-corrected chi connectivity index (χ3v) is 3.64. The largest absolute Gasteiger partial charge is 0.379 e. The first kappa shape index (κ1) is 13.8. The zero-order chi connectivity index (χ0) is 13.2. The molecule has 0 saturated carbocycles. The molecule has 98 valence electrons. The molecule has 1 unspecified atom stereocenters. The fraction of sp³-hybridized carbons (Fsp3) is 0.500. The van der Waals surface area contributed by atoms with Crippen molar-refractivity contribution in [3.8, 4) is 0 Å². The average molecular weight is 334 g/mol. The molecule has 1 atom stereocenters. The van der Waals surface area contributed by atoms with Crippen LogP contribution < -0.4 is 5.32 Å². The van der Waals surface area contributed by atoms with Crippen molar-refractivity contribution < 1.29 is 9.53 Å². The van der Waals surface area contributed by atoms with Gasteiger partial charge in [-0.3, -0.25) is 4.79 Å². The molecule has 1 amide bonds. The van der Waals surface area contributed by atoms with Crippen molar-refractivity contribution >= 4 is 33.4 Å². The molecule has 6 heteroatoms. The molecule has 0 aromatic carbocycles. The third kappa shape index (κ3) is 3.22. The fourth-order valence-electron chi connectivity index (χ4n) is 1.96. The molecule has 4 nitrogen and oxygen atoms in total. The van der Waals surface area contributed by atoms with Gasteiger partial charge < -0.3 is 10.1 Å². The predicted molar refractivity (Wildman–Crippen MR) is 72.9 cm³/mol. The standard InChI is InChI=1S/C12H14BrClN2O2/c1-12(3-2-4-18-7-12)16-11(17)9-5-8(13)6-15-10(9)14/h5-6H,2-4,7H2,1H3,(H,16,17). The second-order valence-electron chi connectivity index (χ2n) is 4.66. The summed E-state index contributed by atoms with van der Waals surface area (Å²) in [6, 6.07) is 1.66. The number of carbonyl (C=O) groups excluding carboxylic acids is 1. The van der Waals surface area contributed by atoms with Gasteiger partial charge >= 0.3 is 0 Å². The summed E-state index contributed by atoms with van der Waals surface area (Å²) in [5.41, 5.74) is 0.0406. The van der Waals surface area contributed by atoms with E-state index in [1.165, 1.54) is 0 Å². The quantitative estimate of drug-likeness (QED) is 0.847. The third-order valence-electron chi connectivity index (χ3n) is 2.90. The first-order valence-electron chi connectivity index (χ1n) is 5.71. The van der Waals surface area contributed by atoms with Crippen LogP contribution in [0.2, 0.25) is 5.15 Å². The molecular formula is C12H14BrClN2O2. The number of amides is 1. The van der Waals surface area contributed by atoms with Gasteiger partial charge in [-0.15, -0.1) is 0 Å². The van der Waals surface area contributed by atoms with Crippen molar-refractivity contribution in [2.45, 2.75) is 25.3 Å². The maximum atomic E-state index is 12.2. The number of rotatable bonds is 2. The topological polar surface area (TPSA) is 51.2 Å². The number of halogens is 2. The fourth-order valence-corrected chi connectivity index (χ4v) is 2.48. The Kier molecular flexibility index (Phi) is 4.25. The first-order chi connectivity index (χ1) is 8.50. The summed E-state index contributed by atoms with van der Waals surface area (Å²) >= 11 is 9.21. The summed E-state index contributed by atoms with van der Waals surface area (Å²) in [5, 5.41) is 3.18. The Morgan fingerprint density at radius 1 is 1.67 bits per heavy atom. The van der Waals surface area contributed by atoms with Gasteiger partial charge in [-0.2, -0.15) is 0 Å². The van der Waals surface area contributed by atoms with Gasteiger partial charge in [0.05, 0.1) is 17.7 Å². The van der Waals surface area contributed by atoms with Crippen LogP contribution in [-0.2, 0) is 4.74 Å². The van der Waals surface area contributed by atoms with Crippen molar-refractivity contribution in [3.05, 3.63) is 27.5 Å². The zero-order valence-electron chi connectivity index (χ0n) is 10.0. The van der Waals surface area contributed by atoms with Gasteiger partial charge in [-0.05, 0) is 41.8 Å². The van der Waals surface area contributed by atoms with E-state index in [2.05, 4.69) is 26.2 Å². The van der Waals surface area contributed by atoms with Crippen LogP contribution >= 0.6 is 27.5 Å². The number of carbonyl (C=O) groups is 1. The lowest BCUT2D eigenvalue weighted by Gasteiger charge is -2.34. The van der Waals surface area contributed by atoms with Crippen molar-refractivity contribution in [2.24, 2.45) is 0 Å². The van der Waals surface area contributed by atoms with E-state index >= 15 is 0 Å². The number of aromatic nitrogens is 1. The van der Waals surface area contributed by atoms with Crippen molar-refractivity contribution in [1.29, 1.82) is 0 Å². The van der Waals surface area contributed by atoms with Gasteiger partial charge in [0.2, 0.25) is 0 Å². The highest BCUT2D eigenvalue weighted by Crippen LogP contribution is 2.22. The van der Waals surface area contributed by atoms with Crippen LogP contribution in [0.15, 0.2) is 16.7 Å². The summed E-state index contributed by atoms with van der Waals surface area (Å²) in [6.07, 6.45) is 3.41. The van der Waals surface area contributed by atoms with E-state index in [1.807, 2.05) is 6.92 Å². The highest BCUT2D eigenvalue weighted by atomic mass is 79.9. The minimum Gasteiger partial charge on any atom is -0.379 e. The van der Waals surface area contributed by atoms with Crippen LogP contribution in [0.5, 0.6) is 0 Å². The number of hydrogen-bond acceptors (Lipinski definition) is 3. The van der Waals surface area contributed by atoms with Gasteiger partial charge in [-0.25, -0.2) is 4.98 Å². The second kappa shape index (κ2) is 5.55. The summed E-state index contributed by atoms with van der Waals surface area (Å²) in [7, 11) is 0. The lowest BCUT2D eigenvalue weighted by molar-refractivity contribution is 0.0272. The van der Waals surface area contributed by atoms with Crippen LogP contribution in [-0.4, -0.2) is 29.6 Å². The highest BCUT2D eigenvalue weighted by molar-refractivity contribution is 9.10. The smallest absolute Gasteiger partial charge is 0.254 e. The molecule has 1 aliphatic rings.